The fourth-order valence-corrected chi connectivity index (χ4v) is 3.91. The van der Waals surface area contributed by atoms with Gasteiger partial charge in [0.25, 0.3) is 0 Å². The second-order valence-electron chi connectivity index (χ2n) is 7.78. The zero-order valence-corrected chi connectivity index (χ0v) is 20.6. The van der Waals surface area contributed by atoms with Crippen molar-refractivity contribution in [2.45, 2.75) is 11.8 Å². The summed E-state index contributed by atoms with van der Waals surface area (Å²) in [5, 5.41) is 2.22. The molecule has 0 heterocycles. The van der Waals surface area contributed by atoms with Gasteiger partial charge in [0.15, 0.2) is 12.4 Å². The number of hydrogen-bond donors (Lipinski definition) is 2. The minimum Gasteiger partial charge on any atom is -0.456 e. The van der Waals surface area contributed by atoms with Gasteiger partial charge in [0.05, 0.1) is 17.0 Å². The average Bonchev–Trinajstić information content (AvgIpc) is 2.90. The predicted molar refractivity (Wildman–Crippen MR) is 133 cm³/mol. The Morgan fingerprint density at radius 1 is 0.784 bits per heavy atom. The Morgan fingerprint density at radius 3 is 2.08 bits per heavy atom. The Kier molecular flexibility index (Phi) is 9.25. The number of carbonyl (C=O) groups excluding carboxylic acids is 4. The van der Waals surface area contributed by atoms with Crippen LogP contribution in [0.1, 0.15) is 26.3 Å². The molecular weight excluding hydrogens is 500 g/mol. The molecule has 37 heavy (non-hydrogen) atoms. The number of nitrogens with one attached hydrogen (secondary N) is 2. The summed E-state index contributed by atoms with van der Waals surface area (Å²) in [6.45, 7) is 0.111. The van der Waals surface area contributed by atoms with Crippen LogP contribution >= 0.6 is 0 Å². The third-order valence-electron chi connectivity index (χ3n) is 4.94. The van der Waals surface area contributed by atoms with Gasteiger partial charge in [0.2, 0.25) is 15.9 Å². The van der Waals surface area contributed by atoms with Gasteiger partial charge in [-0.05, 0) is 55.5 Å². The van der Waals surface area contributed by atoms with Gasteiger partial charge in [-0.25, -0.2) is 17.9 Å². The maximum Gasteiger partial charge on any atom is 0.343 e. The van der Waals surface area contributed by atoms with Crippen molar-refractivity contribution in [3.8, 4) is 5.75 Å². The summed E-state index contributed by atoms with van der Waals surface area (Å²) < 4.78 is 36.6. The summed E-state index contributed by atoms with van der Waals surface area (Å²) in [5.41, 5.74) is 1.49. The highest BCUT2D eigenvalue weighted by Gasteiger charge is 2.16. The van der Waals surface area contributed by atoms with Gasteiger partial charge in [0.1, 0.15) is 12.3 Å². The highest BCUT2D eigenvalue weighted by molar-refractivity contribution is 7.89. The van der Waals surface area contributed by atoms with E-state index in [1.54, 1.807) is 42.5 Å². The number of Topliss-reactive ketones (excluding diaryl/α,β-unsaturated/α-hetero) is 1. The van der Waals surface area contributed by atoms with Crippen LogP contribution in [0.4, 0.5) is 0 Å². The first-order valence-electron chi connectivity index (χ1n) is 11.0. The molecule has 0 saturated heterocycles. The molecule has 0 aliphatic rings. The summed E-state index contributed by atoms with van der Waals surface area (Å²) in [7, 11) is -3.89. The lowest BCUT2D eigenvalue weighted by atomic mass is 10.1. The molecule has 0 saturated carbocycles. The lowest BCUT2D eigenvalue weighted by Crippen LogP contribution is -2.39. The largest absolute Gasteiger partial charge is 0.456 e. The number of hydrogen-bond acceptors (Lipinski definition) is 8. The molecule has 2 N–H and O–H groups in total. The van der Waals surface area contributed by atoms with Crippen LogP contribution in [0.25, 0.3) is 0 Å². The van der Waals surface area contributed by atoms with Crippen LogP contribution in [0, 0.1) is 6.92 Å². The van der Waals surface area contributed by atoms with E-state index in [9.17, 15) is 27.6 Å². The molecule has 0 radical (unpaired) electrons. The van der Waals surface area contributed by atoms with Crippen LogP contribution in [0.2, 0.25) is 0 Å². The van der Waals surface area contributed by atoms with E-state index in [1.165, 1.54) is 36.4 Å². The molecule has 0 aromatic heterocycles. The number of rotatable bonds is 11. The van der Waals surface area contributed by atoms with Crippen molar-refractivity contribution >= 4 is 33.7 Å². The van der Waals surface area contributed by atoms with Crippen molar-refractivity contribution < 1.29 is 37.1 Å². The molecule has 0 aliphatic heterocycles. The molecule has 0 bridgehead atoms. The number of benzene rings is 3. The summed E-state index contributed by atoms with van der Waals surface area (Å²) in [5.74, 6) is -2.44. The van der Waals surface area contributed by atoms with Gasteiger partial charge < -0.3 is 14.8 Å². The Hall–Kier alpha value is -4.35. The fourth-order valence-electron chi connectivity index (χ4n) is 2.92. The first-order chi connectivity index (χ1) is 17.6. The average molecular weight is 525 g/mol. The van der Waals surface area contributed by atoms with Crippen LogP contribution < -0.4 is 14.8 Å². The lowest BCUT2D eigenvalue weighted by Gasteiger charge is -2.09. The van der Waals surface area contributed by atoms with E-state index >= 15 is 0 Å². The number of carbonyl (C=O) groups is 4. The number of esters is 2. The predicted octanol–water partition coefficient (Wildman–Crippen LogP) is 2.03. The number of aryl methyl sites for hydroxylation is 1. The second kappa shape index (κ2) is 12.6. The molecule has 0 unspecified atom stereocenters. The summed E-state index contributed by atoms with van der Waals surface area (Å²) >= 11 is 0. The van der Waals surface area contributed by atoms with E-state index < -0.39 is 53.3 Å². The zero-order valence-electron chi connectivity index (χ0n) is 19.8. The second-order valence-corrected chi connectivity index (χ2v) is 9.55. The van der Waals surface area contributed by atoms with Crippen molar-refractivity contribution in [2.75, 3.05) is 19.7 Å². The van der Waals surface area contributed by atoms with Gasteiger partial charge in [-0.1, -0.05) is 35.9 Å². The number of amides is 1. The van der Waals surface area contributed by atoms with Crippen LogP contribution in [0.15, 0.2) is 83.8 Å². The normalized spacial score (nSPS) is 10.8. The SMILES string of the molecule is Cc1ccc(S(=O)(=O)NCC(=O)NCC(=O)OCC(=O)c2ccc(OC(=O)c3ccccc3)cc2)cc1. The maximum atomic E-state index is 12.3. The highest BCUT2D eigenvalue weighted by Crippen LogP contribution is 2.15. The van der Waals surface area contributed by atoms with E-state index in [2.05, 4.69) is 10.0 Å². The van der Waals surface area contributed by atoms with Crippen molar-refractivity contribution in [3.05, 3.63) is 95.6 Å². The van der Waals surface area contributed by atoms with E-state index in [-0.39, 0.29) is 16.2 Å². The van der Waals surface area contributed by atoms with E-state index in [0.29, 0.717) is 5.56 Å². The molecule has 0 fully saturated rings. The molecule has 0 spiro atoms. The molecule has 3 aromatic carbocycles. The molecule has 10 nitrogen and oxygen atoms in total. The number of sulfonamides is 1. The Balaban J connectivity index is 1.38. The van der Waals surface area contributed by atoms with Gasteiger partial charge in [-0.15, -0.1) is 0 Å². The minimum absolute atomic E-state index is 0.00575. The van der Waals surface area contributed by atoms with E-state index in [4.69, 9.17) is 9.47 Å². The van der Waals surface area contributed by atoms with Crippen LogP contribution in [-0.2, 0) is 24.3 Å². The van der Waals surface area contributed by atoms with Gasteiger partial charge in [-0.2, -0.15) is 0 Å². The minimum atomic E-state index is -3.89. The zero-order chi connectivity index (χ0) is 26.8. The van der Waals surface area contributed by atoms with Gasteiger partial charge >= 0.3 is 11.9 Å². The Bertz CT molecular complexity index is 1370. The molecular formula is C26H24N2O8S. The third-order valence-corrected chi connectivity index (χ3v) is 6.36. The molecule has 3 aromatic rings. The first-order valence-corrected chi connectivity index (χ1v) is 12.5. The monoisotopic (exact) mass is 524 g/mol. The fraction of sp³-hybridized carbons (Fsp3) is 0.154. The molecule has 0 aliphatic carbocycles. The first kappa shape index (κ1) is 27.2. The summed E-state index contributed by atoms with van der Waals surface area (Å²) in [6.07, 6.45) is 0. The van der Waals surface area contributed by atoms with Crippen LogP contribution in [-0.4, -0.2) is 51.7 Å². The molecule has 1 amide bonds. The van der Waals surface area contributed by atoms with Gasteiger partial charge in [0, 0.05) is 5.56 Å². The standard InChI is InChI=1S/C26H24N2O8S/c1-18-7-13-22(14-8-18)37(33,34)28-15-24(30)27-16-25(31)35-17-23(29)19-9-11-21(12-10-19)36-26(32)20-5-3-2-4-6-20/h2-14,28H,15-17H2,1H3,(H,27,30). The quantitative estimate of drug-likeness (QED) is 0.220. The van der Waals surface area contributed by atoms with Crippen molar-refractivity contribution in [1.82, 2.24) is 10.0 Å². The van der Waals surface area contributed by atoms with Gasteiger partial charge in [-0.3, -0.25) is 14.4 Å². The third kappa shape index (κ3) is 8.37. The molecule has 3 rings (SSSR count). The Labute approximate surface area is 213 Å². The smallest absolute Gasteiger partial charge is 0.343 e. The van der Waals surface area contributed by atoms with Crippen molar-refractivity contribution in [2.24, 2.45) is 0 Å². The van der Waals surface area contributed by atoms with Crippen LogP contribution in [0.3, 0.4) is 0 Å². The molecule has 0 atom stereocenters. The molecule has 192 valence electrons. The highest BCUT2D eigenvalue weighted by atomic mass is 32.2. The number of ketones is 1. The summed E-state index contributed by atoms with van der Waals surface area (Å²) in [4.78, 5) is 48.1. The Morgan fingerprint density at radius 2 is 1.43 bits per heavy atom. The summed E-state index contributed by atoms with van der Waals surface area (Å²) in [6, 6.07) is 20.2. The topological polar surface area (TPSA) is 145 Å². The lowest BCUT2D eigenvalue weighted by molar-refractivity contribution is -0.142. The van der Waals surface area contributed by atoms with Crippen molar-refractivity contribution in [1.29, 1.82) is 0 Å². The van der Waals surface area contributed by atoms with E-state index in [1.807, 2.05) is 6.92 Å². The maximum absolute atomic E-state index is 12.3. The number of ether oxygens (including phenoxy) is 2. The van der Waals surface area contributed by atoms with Crippen LogP contribution in [0.5, 0.6) is 5.75 Å². The van der Waals surface area contributed by atoms with E-state index in [0.717, 1.165) is 5.56 Å². The van der Waals surface area contributed by atoms with Crippen molar-refractivity contribution in [3.63, 3.8) is 0 Å². The molecule has 11 heteroatoms.